The van der Waals surface area contributed by atoms with Crippen LogP contribution in [0.25, 0.3) is 0 Å². The number of benzene rings is 1. The molecule has 2 atom stereocenters. The molecular formula is C20H29NO4. The number of esters is 1. The SMILES string of the molecule is Cc1cccc(O[C@@H](C)C(=O)O[C@H](C)C(=O)NC2CCCCCC2)c1. The van der Waals surface area contributed by atoms with Crippen molar-refractivity contribution in [1.82, 2.24) is 5.32 Å². The zero-order valence-electron chi connectivity index (χ0n) is 15.4. The molecule has 5 heteroatoms. The van der Waals surface area contributed by atoms with Gasteiger partial charge in [-0.25, -0.2) is 4.79 Å². The van der Waals surface area contributed by atoms with Crippen LogP contribution in [0.1, 0.15) is 57.9 Å². The Kier molecular flexibility index (Phi) is 7.29. The van der Waals surface area contributed by atoms with Crippen LogP contribution in [-0.2, 0) is 14.3 Å². The Bertz CT molecular complexity index is 579. The van der Waals surface area contributed by atoms with E-state index in [9.17, 15) is 9.59 Å². The van der Waals surface area contributed by atoms with Crippen molar-refractivity contribution in [2.45, 2.75) is 77.5 Å². The number of carbonyl (C=O) groups excluding carboxylic acids is 2. The minimum absolute atomic E-state index is 0.192. The summed E-state index contributed by atoms with van der Waals surface area (Å²) in [6.45, 7) is 5.18. The fourth-order valence-electron chi connectivity index (χ4n) is 3.01. The summed E-state index contributed by atoms with van der Waals surface area (Å²) in [5.74, 6) is -0.159. The molecule has 138 valence electrons. The number of amides is 1. The van der Waals surface area contributed by atoms with Gasteiger partial charge < -0.3 is 14.8 Å². The van der Waals surface area contributed by atoms with Crippen LogP contribution in [-0.4, -0.2) is 30.1 Å². The van der Waals surface area contributed by atoms with E-state index in [1.807, 2.05) is 25.1 Å². The van der Waals surface area contributed by atoms with Crippen LogP contribution in [0, 0.1) is 6.92 Å². The third-order valence-corrected chi connectivity index (χ3v) is 4.50. The maximum Gasteiger partial charge on any atom is 0.347 e. The van der Waals surface area contributed by atoms with Gasteiger partial charge in [0.05, 0.1) is 0 Å². The van der Waals surface area contributed by atoms with Crippen LogP contribution < -0.4 is 10.1 Å². The van der Waals surface area contributed by atoms with Gasteiger partial charge in [0, 0.05) is 6.04 Å². The zero-order chi connectivity index (χ0) is 18.2. The lowest BCUT2D eigenvalue weighted by Gasteiger charge is -2.21. The minimum Gasteiger partial charge on any atom is -0.479 e. The smallest absolute Gasteiger partial charge is 0.347 e. The lowest BCUT2D eigenvalue weighted by molar-refractivity contribution is -0.161. The zero-order valence-corrected chi connectivity index (χ0v) is 15.4. The summed E-state index contributed by atoms with van der Waals surface area (Å²) in [5.41, 5.74) is 1.05. The van der Waals surface area contributed by atoms with Gasteiger partial charge in [-0.05, 0) is 51.3 Å². The summed E-state index contributed by atoms with van der Waals surface area (Å²) >= 11 is 0. The summed E-state index contributed by atoms with van der Waals surface area (Å²) in [6, 6.07) is 7.66. The molecule has 1 aromatic carbocycles. The van der Waals surface area contributed by atoms with E-state index in [1.54, 1.807) is 19.9 Å². The van der Waals surface area contributed by atoms with E-state index in [2.05, 4.69) is 5.32 Å². The molecule has 1 fully saturated rings. The molecule has 25 heavy (non-hydrogen) atoms. The normalized spacial score (nSPS) is 17.9. The topological polar surface area (TPSA) is 64.6 Å². The van der Waals surface area contributed by atoms with E-state index in [4.69, 9.17) is 9.47 Å². The molecule has 0 heterocycles. The summed E-state index contributed by atoms with van der Waals surface area (Å²) < 4.78 is 10.9. The monoisotopic (exact) mass is 347 g/mol. The van der Waals surface area contributed by atoms with E-state index >= 15 is 0 Å². The Hall–Kier alpha value is -2.04. The summed E-state index contributed by atoms with van der Waals surface area (Å²) in [6.07, 6.45) is 5.14. The van der Waals surface area contributed by atoms with E-state index in [0.717, 1.165) is 31.2 Å². The van der Waals surface area contributed by atoms with Crippen molar-refractivity contribution in [3.63, 3.8) is 0 Å². The summed E-state index contributed by atoms with van der Waals surface area (Å²) in [7, 11) is 0. The van der Waals surface area contributed by atoms with Gasteiger partial charge in [-0.3, -0.25) is 4.79 Å². The van der Waals surface area contributed by atoms with Crippen molar-refractivity contribution < 1.29 is 19.1 Å². The number of aryl methyl sites for hydroxylation is 1. The molecule has 1 aliphatic rings. The van der Waals surface area contributed by atoms with Gasteiger partial charge in [0.1, 0.15) is 5.75 Å². The average Bonchev–Trinajstić information content (AvgIpc) is 2.83. The summed E-state index contributed by atoms with van der Waals surface area (Å²) in [4.78, 5) is 24.4. The van der Waals surface area contributed by atoms with Crippen LogP contribution in [0.3, 0.4) is 0 Å². The Labute approximate surface area is 150 Å². The first-order valence-electron chi connectivity index (χ1n) is 9.20. The minimum atomic E-state index is -0.820. The van der Waals surface area contributed by atoms with Crippen LogP contribution >= 0.6 is 0 Å². The molecule has 0 spiro atoms. The number of hydrogen-bond acceptors (Lipinski definition) is 4. The maximum atomic E-state index is 12.3. The molecule has 0 aliphatic heterocycles. The molecule has 0 bridgehead atoms. The van der Waals surface area contributed by atoms with Gasteiger partial charge in [-0.15, -0.1) is 0 Å². The van der Waals surface area contributed by atoms with Gasteiger partial charge in [0.15, 0.2) is 12.2 Å². The molecule has 2 rings (SSSR count). The van der Waals surface area contributed by atoms with Gasteiger partial charge >= 0.3 is 5.97 Å². The number of hydrogen-bond donors (Lipinski definition) is 1. The van der Waals surface area contributed by atoms with Crippen molar-refractivity contribution in [2.24, 2.45) is 0 Å². The lowest BCUT2D eigenvalue weighted by atomic mass is 10.1. The number of carbonyl (C=O) groups is 2. The van der Waals surface area contributed by atoms with E-state index in [-0.39, 0.29) is 11.9 Å². The average molecular weight is 347 g/mol. The van der Waals surface area contributed by atoms with Crippen molar-refractivity contribution in [3.8, 4) is 5.75 Å². The maximum absolute atomic E-state index is 12.3. The first-order valence-corrected chi connectivity index (χ1v) is 9.20. The number of rotatable bonds is 6. The highest BCUT2D eigenvalue weighted by atomic mass is 16.6. The molecule has 0 unspecified atom stereocenters. The molecule has 1 aromatic rings. The van der Waals surface area contributed by atoms with Crippen LogP contribution in [0.5, 0.6) is 5.75 Å². The quantitative estimate of drug-likeness (QED) is 0.631. The van der Waals surface area contributed by atoms with Crippen molar-refractivity contribution in [2.75, 3.05) is 0 Å². The second kappa shape index (κ2) is 9.44. The van der Waals surface area contributed by atoms with E-state index in [0.29, 0.717) is 5.75 Å². The Morgan fingerprint density at radius 1 is 1.08 bits per heavy atom. The highest BCUT2D eigenvalue weighted by molar-refractivity contribution is 5.84. The largest absolute Gasteiger partial charge is 0.479 e. The molecule has 0 radical (unpaired) electrons. The molecule has 1 amide bonds. The Balaban J connectivity index is 1.80. The van der Waals surface area contributed by atoms with Crippen LogP contribution in [0.2, 0.25) is 0 Å². The number of ether oxygens (including phenoxy) is 2. The van der Waals surface area contributed by atoms with Gasteiger partial charge in [-0.2, -0.15) is 0 Å². The first kappa shape index (κ1) is 19.3. The van der Waals surface area contributed by atoms with Crippen LogP contribution in [0.15, 0.2) is 24.3 Å². The van der Waals surface area contributed by atoms with Crippen LogP contribution in [0.4, 0.5) is 0 Å². The molecule has 5 nitrogen and oxygen atoms in total. The predicted octanol–water partition coefficient (Wildman–Crippen LogP) is 3.53. The van der Waals surface area contributed by atoms with Gasteiger partial charge in [0.25, 0.3) is 5.91 Å². The Morgan fingerprint density at radius 3 is 2.40 bits per heavy atom. The molecule has 1 saturated carbocycles. The Morgan fingerprint density at radius 2 is 1.76 bits per heavy atom. The lowest BCUT2D eigenvalue weighted by Crippen LogP contribution is -2.43. The van der Waals surface area contributed by atoms with Gasteiger partial charge in [0.2, 0.25) is 0 Å². The van der Waals surface area contributed by atoms with Crippen molar-refractivity contribution in [1.29, 1.82) is 0 Å². The van der Waals surface area contributed by atoms with E-state index in [1.165, 1.54) is 12.8 Å². The number of nitrogens with one attached hydrogen (secondary N) is 1. The predicted molar refractivity (Wildman–Crippen MR) is 96.5 cm³/mol. The third kappa shape index (κ3) is 6.40. The molecule has 1 aliphatic carbocycles. The van der Waals surface area contributed by atoms with Gasteiger partial charge in [-0.1, -0.05) is 37.8 Å². The second-order valence-electron chi connectivity index (χ2n) is 6.85. The molecule has 0 saturated heterocycles. The highest BCUT2D eigenvalue weighted by Crippen LogP contribution is 2.18. The standard InChI is InChI=1S/C20H29NO4/c1-14-9-8-12-18(13-14)24-16(3)20(23)25-15(2)19(22)21-17-10-6-4-5-7-11-17/h8-9,12-13,15-17H,4-7,10-11H2,1-3H3,(H,21,22)/t15-,16+/m1/s1. The fourth-order valence-corrected chi connectivity index (χ4v) is 3.01. The summed E-state index contributed by atoms with van der Waals surface area (Å²) in [5, 5.41) is 3.00. The van der Waals surface area contributed by atoms with E-state index < -0.39 is 18.2 Å². The molecule has 0 aromatic heterocycles. The molecular weight excluding hydrogens is 318 g/mol. The third-order valence-electron chi connectivity index (χ3n) is 4.50. The highest BCUT2D eigenvalue weighted by Gasteiger charge is 2.25. The van der Waals surface area contributed by atoms with Crippen molar-refractivity contribution >= 4 is 11.9 Å². The fraction of sp³-hybridized carbons (Fsp3) is 0.600. The second-order valence-corrected chi connectivity index (χ2v) is 6.85. The van der Waals surface area contributed by atoms with Crippen molar-refractivity contribution in [3.05, 3.63) is 29.8 Å². The molecule has 1 N–H and O–H groups in total. The first-order chi connectivity index (χ1) is 12.0.